The first-order valence-electron chi connectivity index (χ1n) is 6.55. The molecule has 1 heterocycles. The van der Waals surface area contributed by atoms with Crippen molar-refractivity contribution in [3.63, 3.8) is 0 Å². The maximum Gasteiger partial charge on any atom is 0.322 e. The van der Waals surface area contributed by atoms with Crippen LogP contribution in [0.4, 0.5) is 14.9 Å². The molecular formula is C14H19FN2O2S. The molecule has 1 aliphatic heterocycles. The minimum atomic E-state index is -0.466. The Bertz CT molecular complexity index is 498. The number of hydrogen-bond donors (Lipinski definition) is 1. The van der Waals surface area contributed by atoms with Crippen molar-refractivity contribution in [3.05, 3.63) is 24.0 Å². The van der Waals surface area contributed by atoms with Crippen LogP contribution in [0, 0.1) is 5.82 Å². The first kappa shape index (κ1) is 15.0. The molecule has 2 rings (SSSR count). The number of anilines is 1. The Morgan fingerprint density at radius 2 is 2.25 bits per heavy atom. The Balaban J connectivity index is 2.11. The highest BCUT2D eigenvalue weighted by atomic mass is 32.2. The lowest BCUT2D eigenvalue weighted by Gasteiger charge is -2.37. The smallest absolute Gasteiger partial charge is 0.322 e. The second-order valence-electron chi connectivity index (χ2n) is 4.79. The number of nitrogens with one attached hydrogen (secondary N) is 1. The molecule has 1 aromatic rings. The van der Waals surface area contributed by atoms with E-state index in [2.05, 4.69) is 12.2 Å². The maximum absolute atomic E-state index is 13.7. The van der Waals surface area contributed by atoms with E-state index in [0.29, 0.717) is 17.5 Å². The molecule has 1 aromatic carbocycles. The predicted octanol–water partition coefficient (Wildman–Crippen LogP) is 3.19. The minimum absolute atomic E-state index is 0.127. The monoisotopic (exact) mass is 298 g/mol. The molecule has 1 N–H and O–H groups in total. The fourth-order valence-electron chi connectivity index (χ4n) is 2.13. The number of benzene rings is 1. The Morgan fingerprint density at radius 3 is 2.95 bits per heavy atom. The van der Waals surface area contributed by atoms with Crippen LogP contribution < -0.4 is 10.1 Å². The molecule has 2 atom stereocenters. The molecule has 6 heteroatoms. The maximum atomic E-state index is 13.7. The van der Waals surface area contributed by atoms with E-state index >= 15 is 0 Å². The summed E-state index contributed by atoms with van der Waals surface area (Å²) in [6.45, 7) is 4.78. The van der Waals surface area contributed by atoms with Gasteiger partial charge in [-0.2, -0.15) is 11.8 Å². The minimum Gasteiger partial charge on any atom is -0.497 e. The normalized spacial score (nSPS) is 22.5. The van der Waals surface area contributed by atoms with Gasteiger partial charge >= 0.3 is 6.03 Å². The number of rotatable bonds is 2. The molecule has 0 aliphatic carbocycles. The number of halogens is 1. The third-order valence-corrected chi connectivity index (χ3v) is 4.90. The summed E-state index contributed by atoms with van der Waals surface area (Å²) < 4.78 is 18.8. The number of amides is 2. The predicted molar refractivity (Wildman–Crippen MR) is 80.1 cm³/mol. The second kappa shape index (κ2) is 6.35. The highest BCUT2D eigenvalue weighted by Gasteiger charge is 2.29. The Hall–Kier alpha value is -1.43. The topological polar surface area (TPSA) is 41.6 Å². The first-order chi connectivity index (χ1) is 9.52. The number of urea groups is 1. The van der Waals surface area contributed by atoms with Crippen LogP contribution in [0.25, 0.3) is 0 Å². The zero-order valence-corrected chi connectivity index (χ0v) is 12.7. The number of nitrogens with zero attached hydrogens (tertiary/aromatic N) is 1. The molecule has 1 aliphatic rings. The van der Waals surface area contributed by atoms with Gasteiger partial charge in [-0.25, -0.2) is 9.18 Å². The molecule has 1 saturated heterocycles. The third kappa shape index (κ3) is 3.17. The SMILES string of the molecule is COc1ccc(F)c(NC(=O)N2CCSC(C)C2C)c1. The van der Waals surface area contributed by atoms with E-state index in [9.17, 15) is 9.18 Å². The summed E-state index contributed by atoms with van der Waals surface area (Å²) in [4.78, 5) is 14.0. The summed E-state index contributed by atoms with van der Waals surface area (Å²) in [5, 5.41) is 3.01. The number of ether oxygens (including phenoxy) is 1. The summed E-state index contributed by atoms with van der Waals surface area (Å²) in [6, 6.07) is 4.15. The molecular weight excluding hydrogens is 279 g/mol. The Labute approximate surface area is 122 Å². The quantitative estimate of drug-likeness (QED) is 0.911. The van der Waals surface area contributed by atoms with Crippen LogP contribution in [0.2, 0.25) is 0 Å². The van der Waals surface area contributed by atoms with Crippen molar-refractivity contribution in [2.24, 2.45) is 0 Å². The van der Waals surface area contributed by atoms with Crippen LogP contribution in [-0.4, -0.2) is 41.6 Å². The van der Waals surface area contributed by atoms with Gasteiger partial charge in [0.25, 0.3) is 0 Å². The highest BCUT2D eigenvalue weighted by molar-refractivity contribution is 8.00. The van der Waals surface area contributed by atoms with E-state index in [0.717, 1.165) is 5.75 Å². The van der Waals surface area contributed by atoms with Crippen molar-refractivity contribution in [1.82, 2.24) is 4.90 Å². The summed E-state index contributed by atoms with van der Waals surface area (Å²) >= 11 is 1.85. The zero-order valence-electron chi connectivity index (χ0n) is 11.9. The third-order valence-electron chi connectivity index (χ3n) is 3.56. The molecule has 4 nitrogen and oxygen atoms in total. The molecule has 0 saturated carbocycles. The molecule has 110 valence electrons. The fourth-order valence-corrected chi connectivity index (χ4v) is 3.23. The van der Waals surface area contributed by atoms with E-state index in [1.165, 1.54) is 25.3 Å². The molecule has 20 heavy (non-hydrogen) atoms. The van der Waals surface area contributed by atoms with Crippen LogP contribution in [0.5, 0.6) is 5.75 Å². The molecule has 2 unspecified atom stereocenters. The van der Waals surface area contributed by atoms with Gasteiger partial charge in [-0.05, 0) is 19.1 Å². The number of carbonyl (C=O) groups excluding carboxylic acids is 1. The highest BCUT2D eigenvalue weighted by Crippen LogP contribution is 2.26. The number of carbonyl (C=O) groups is 1. The lowest BCUT2D eigenvalue weighted by molar-refractivity contribution is 0.194. The van der Waals surface area contributed by atoms with Crippen molar-refractivity contribution in [2.75, 3.05) is 24.7 Å². The average Bonchev–Trinajstić information content (AvgIpc) is 2.44. The summed E-state index contributed by atoms with van der Waals surface area (Å²) in [6.07, 6.45) is 0. The van der Waals surface area contributed by atoms with E-state index in [1.54, 1.807) is 4.90 Å². The van der Waals surface area contributed by atoms with Crippen molar-refractivity contribution < 1.29 is 13.9 Å². The summed E-state index contributed by atoms with van der Waals surface area (Å²) in [5.41, 5.74) is 0.146. The van der Waals surface area contributed by atoms with Crippen LogP contribution in [-0.2, 0) is 0 Å². The molecule has 0 radical (unpaired) electrons. The first-order valence-corrected chi connectivity index (χ1v) is 7.60. The molecule has 2 amide bonds. The second-order valence-corrected chi connectivity index (χ2v) is 6.27. The summed E-state index contributed by atoms with van der Waals surface area (Å²) in [7, 11) is 1.50. The molecule has 0 bridgehead atoms. The Morgan fingerprint density at radius 1 is 1.50 bits per heavy atom. The van der Waals surface area contributed by atoms with Gasteiger partial charge in [-0.1, -0.05) is 6.92 Å². The largest absolute Gasteiger partial charge is 0.497 e. The van der Waals surface area contributed by atoms with E-state index in [-0.39, 0.29) is 17.8 Å². The van der Waals surface area contributed by atoms with E-state index in [4.69, 9.17) is 4.74 Å². The van der Waals surface area contributed by atoms with Crippen LogP contribution in [0.3, 0.4) is 0 Å². The van der Waals surface area contributed by atoms with Gasteiger partial charge in [0.1, 0.15) is 11.6 Å². The van der Waals surface area contributed by atoms with Crippen molar-refractivity contribution in [1.29, 1.82) is 0 Å². The van der Waals surface area contributed by atoms with Gasteiger partial charge in [-0.15, -0.1) is 0 Å². The van der Waals surface area contributed by atoms with Crippen molar-refractivity contribution in [2.45, 2.75) is 25.1 Å². The molecule has 0 spiro atoms. The van der Waals surface area contributed by atoms with E-state index in [1.807, 2.05) is 18.7 Å². The van der Waals surface area contributed by atoms with Gasteiger partial charge in [0, 0.05) is 29.7 Å². The Kier molecular flexibility index (Phi) is 4.75. The number of methoxy groups -OCH3 is 1. The van der Waals surface area contributed by atoms with Gasteiger partial charge in [0.2, 0.25) is 0 Å². The number of thioether (sulfide) groups is 1. The van der Waals surface area contributed by atoms with Gasteiger partial charge in [-0.3, -0.25) is 0 Å². The number of hydrogen-bond acceptors (Lipinski definition) is 3. The van der Waals surface area contributed by atoms with Crippen LogP contribution >= 0.6 is 11.8 Å². The van der Waals surface area contributed by atoms with E-state index < -0.39 is 5.82 Å². The van der Waals surface area contributed by atoms with Crippen LogP contribution in [0.1, 0.15) is 13.8 Å². The lowest BCUT2D eigenvalue weighted by Crippen LogP contribution is -2.49. The molecule has 1 fully saturated rings. The van der Waals surface area contributed by atoms with Gasteiger partial charge < -0.3 is 15.0 Å². The van der Waals surface area contributed by atoms with Crippen LogP contribution in [0.15, 0.2) is 18.2 Å². The standard InChI is InChI=1S/C14H19FN2O2S/c1-9-10(2)20-7-6-17(9)14(18)16-13-8-11(19-3)4-5-12(13)15/h4-5,8-10H,6-7H2,1-3H3,(H,16,18). The summed E-state index contributed by atoms with van der Waals surface area (Å²) in [5.74, 6) is 0.947. The van der Waals surface area contributed by atoms with Crippen molar-refractivity contribution >= 4 is 23.5 Å². The average molecular weight is 298 g/mol. The zero-order chi connectivity index (χ0) is 14.7. The fraction of sp³-hybridized carbons (Fsp3) is 0.500. The van der Waals surface area contributed by atoms with Crippen molar-refractivity contribution in [3.8, 4) is 5.75 Å². The molecule has 0 aromatic heterocycles. The lowest BCUT2D eigenvalue weighted by atomic mass is 10.2. The van der Waals surface area contributed by atoms with Gasteiger partial charge in [0.05, 0.1) is 12.8 Å². The van der Waals surface area contributed by atoms with Gasteiger partial charge in [0.15, 0.2) is 0 Å².